The quantitative estimate of drug-likeness (QED) is 0.0359. The van der Waals surface area contributed by atoms with Gasteiger partial charge in [0.15, 0.2) is 0 Å². The number of hydrogen-bond acceptors (Lipinski definition) is 8. The molecule has 0 radical (unpaired) electrons. The second-order valence-corrected chi connectivity index (χ2v) is 19.9. The van der Waals surface area contributed by atoms with Crippen molar-refractivity contribution in [1.29, 1.82) is 0 Å². The highest BCUT2D eigenvalue weighted by molar-refractivity contribution is 6.91. The molecular weight excluding hydrogens is 673 g/mol. The summed E-state index contributed by atoms with van der Waals surface area (Å²) in [6, 6.07) is 11.7. The van der Waals surface area contributed by atoms with Gasteiger partial charge in [-0.25, -0.2) is 14.4 Å². The average molecular weight is 739 g/mol. The monoisotopic (exact) mass is 738 g/mol. The van der Waals surface area contributed by atoms with E-state index in [4.69, 9.17) is 14.2 Å². The summed E-state index contributed by atoms with van der Waals surface area (Å²) in [7, 11) is -2.33. The first-order valence-corrected chi connectivity index (χ1v) is 22.6. The van der Waals surface area contributed by atoms with Crippen molar-refractivity contribution in [3.05, 3.63) is 66.8 Å². The van der Waals surface area contributed by atoms with E-state index in [2.05, 4.69) is 50.9 Å². The first-order chi connectivity index (χ1) is 25.2. The fourth-order valence-electron chi connectivity index (χ4n) is 8.60. The van der Waals surface area contributed by atoms with Gasteiger partial charge in [-0.1, -0.05) is 94.6 Å². The number of rotatable bonds is 24. The maximum absolute atomic E-state index is 12.2. The first kappa shape index (κ1) is 43.4. The van der Waals surface area contributed by atoms with Crippen molar-refractivity contribution in [1.82, 2.24) is 0 Å². The Kier molecular flexibility index (Phi) is 19.7. The molecule has 1 aromatic rings. The highest BCUT2D eigenvalue weighted by Gasteiger charge is 2.35. The number of benzene rings is 1. The maximum Gasteiger partial charge on any atom is 0.335 e. The van der Waals surface area contributed by atoms with Crippen LogP contribution in [0.25, 0.3) is 0 Å². The molecule has 0 bridgehead atoms. The second kappa shape index (κ2) is 23.6. The highest BCUT2D eigenvalue weighted by Crippen LogP contribution is 2.44. The molecule has 2 aliphatic rings. The summed E-state index contributed by atoms with van der Waals surface area (Å²) in [4.78, 5) is 36.2. The summed E-state index contributed by atoms with van der Waals surface area (Å²) in [5.74, 6) is 1.65. The van der Waals surface area contributed by atoms with E-state index in [0.29, 0.717) is 25.2 Å². The molecule has 8 nitrogen and oxygen atoms in total. The van der Waals surface area contributed by atoms with Crippen LogP contribution in [0.3, 0.4) is 0 Å². The van der Waals surface area contributed by atoms with Crippen LogP contribution in [0.15, 0.2) is 61.2 Å². The summed E-state index contributed by atoms with van der Waals surface area (Å²) >= 11 is 0. The fraction of sp³-hybridized carbons (Fsp3) is 0.651. The van der Waals surface area contributed by atoms with Crippen molar-refractivity contribution >= 4 is 31.2 Å². The Labute approximate surface area is 314 Å². The van der Waals surface area contributed by atoms with Gasteiger partial charge in [-0.3, -0.25) is 0 Å². The smallest absolute Gasteiger partial charge is 0.335 e. The number of carbonyl (C=O) groups excluding carboxylic acids is 3. The molecule has 1 aromatic carbocycles. The third-order valence-electron chi connectivity index (χ3n) is 11.8. The van der Waals surface area contributed by atoms with Crippen molar-refractivity contribution in [3.8, 4) is 0 Å². The lowest BCUT2D eigenvalue weighted by molar-refractivity contribution is -0.140. The first-order valence-electron chi connectivity index (χ1n) is 20.0. The minimum Gasteiger partial charge on any atom is -0.463 e. The Morgan fingerprint density at radius 3 is 1.65 bits per heavy atom. The zero-order chi connectivity index (χ0) is 37.8. The lowest BCUT2D eigenvalue weighted by atomic mass is 9.68. The zero-order valence-corrected chi connectivity index (χ0v) is 32.9. The minimum absolute atomic E-state index is 0.0219. The molecule has 0 heterocycles. The molecule has 0 saturated heterocycles. The van der Waals surface area contributed by atoms with E-state index in [1.807, 2.05) is 0 Å². The van der Waals surface area contributed by atoms with E-state index >= 15 is 0 Å². The zero-order valence-electron chi connectivity index (χ0n) is 31.9. The van der Waals surface area contributed by atoms with Gasteiger partial charge in [0.2, 0.25) is 0 Å². The Morgan fingerprint density at radius 2 is 1.19 bits per heavy atom. The second-order valence-electron chi connectivity index (χ2n) is 15.3. The summed E-state index contributed by atoms with van der Waals surface area (Å²) in [5.41, 5.74) is 1.44. The van der Waals surface area contributed by atoms with Gasteiger partial charge in [-0.05, 0) is 105 Å². The number of esters is 3. The molecule has 290 valence electrons. The molecule has 0 unspecified atom stereocenters. The third kappa shape index (κ3) is 14.1. The van der Waals surface area contributed by atoms with Crippen molar-refractivity contribution < 1.29 is 38.8 Å². The lowest BCUT2D eigenvalue weighted by Gasteiger charge is -2.38. The van der Waals surface area contributed by atoms with Crippen LogP contribution in [0.2, 0.25) is 18.1 Å². The number of aliphatic hydroxyl groups is 2. The van der Waals surface area contributed by atoms with E-state index in [-0.39, 0.29) is 31.0 Å². The van der Waals surface area contributed by atoms with Gasteiger partial charge >= 0.3 is 17.9 Å². The molecule has 0 amide bonds. The fourth-order valence-corrected chi connectivity index (χ4v) is 13.6. The number of ether oxygens (including phenoxy) is 3. The molecule has 0 spiro atoms. The van der Waals surface area contributed by atoms with Crippen LogP contribution < -0.4 is 5.19 Å². The van der Waals surface area contributed by atoms with Crippen LogP contribution in [-0.2, 0) is 28.6 Å². The van der Waals surface area contributed by atoms with Gasteiger partial charge in [0.05, 0.1) is 52.3 Å². The van der Waals surface area contributed by atoms with Crippen LogP contribution in [0.4, 0.5) is 0 Å². The molecule has 9 heteroatoms. The van der Waals surface area contributed by atoms with Crippen LogP contribution in [0, 0.1) is 17.8 Å². The van der Waals surface area contributed by atoms with Crippen LogP contribution in [0.5, 0.6) is 0 Å². The molecule has 2 N–H and O–H groups in total. The van der Waals surface area contributed by atoms with Crippen LogP contribution in [-0.4, -0.2) is 69.2 Å². The van der Waals surface area contributed by atoms with Gasteiger partial charge in [0.1, 0.15) is 0 Å². The molecule has 3 rings (SSSR count). The van der Waals surface area contributed by atoms with Gasteiger partial charge in [0, 0.05) is 6.08 Å². The van der Waals surface area contributed by atoms with E-state index in [0.717, 1.165) is 35.9 Å². The van der Waals surface area contributed by atoms with Crippen molar-refractivity contribution in [2.24, 2.45) is 17.8 Å². The predicted molar refractivity (Wildman–Crippen MR) is 210 cm³/mol. The average Bonchev–Trinajstić information content (AvgIpc) is 3.18. The van der Waals surface area contributed by atoms with E-state index in [1.54, 1.807) is 0 Å². The molecule has 2 fully saturated rings. The number of hydrogen-bond donors (Lipinski definition) is 2. The largest absolute Gasteiger partial charge is 0.463 e. The normalized spacial score (nSPS) is 20.4. The van der Waals surface area contributed by atoms with Crippen molar-refractivity contribution in [3.63, 3.8) is 0 Å². The molecule has 0 aliphatic heterocycles. The Balaban J connectivity index is 1.70. The van der Waals surface area contributed by atoms with E-state index in [1.165, 1.54) is 93.9 Å². The topological polar surface area (TPSA) is 119 Å². The van der Waals surface area contributed by atoms with Gasteiger partial charge in [0.25, 0.3) is 0 Å². The molecular formula is C43H66O8Si. The van der Waals surface area contributed by atoms with Crippen molar-refractivity contribution in [2.45, 2.75) is 127 Å². The predicted octanol–water partition coefficient (Wildman–Crippen LogP) is 8.09. The molecule has 0 aromatic heterocycles. The summed E-state index contributed by atoms with van der Waals surface area (Å²) in [6.07, 6.45) is 19.4. The molecule has 2 aliphatic carbocycles. The standard InChI is InChI=1S/C43H66O8Si/c1-5-7-8-12-35-13-15-36(16-14-35)37-17-19-38(20-18-37)39-21-23-40(24-22-39)52(28-9-25-49-41(46)6-2,29-10-26-50-42(47)33(3)31-44)30-11-27-51-43(48)34(4)32-45/h6,21-24,35-38,44-45H,2-5,7-20,25-32H2,1H3. The van der Waals surface area contributed by atoms with Crippen LogP contribution >= 0.6 is 0 Å². The Bertz CT molecular complexity index is 1240. The van der Waals surface area contributed by atoms with Gasteiger partial charge in [-0.15, -0.1) is 0 Å². The molecule has 0 atom stereocenters. The SMILES string of the molecule is C=CC(=O)OCCC[Si](CCCOC(=O)C(=C)CO)(CCCOC(=O)C(=C)CO)c1ccc(C2CCC(C3CCC(CCCCC)CC3)CC2)cc1. The van der Waals surface area contributed by atoms with Gasteiger partial charge in [-0.2, -0.15) is 0 Å². The summed E-state index contributed by atoms with van der Waals surface area (Å²) in [6.45, 7) is 12.7. The number of aliphatic hydroxyl groups excluding tert-OH is 2. The van der Waals surface area contributed by atoms with Gasteiger partial charge < -0.3 is 24.4 Å². The van der Waals surface area contributed by atoms with E-state index in [9.17, 15) is 24.6 Å². The van der Waals surface area contributed by atoms with Crippen LogP contribution in [0.1, 0.15) is 115 Å². The number of carbonyl (C=O) groups is 3. The highest BCUT2D eigenvalue weighted by atomic mass is 28.3. The Morgan fingerprint density at radius 1 is 0.712 bits per heavy atom. The lowest BCUT2D eigenvalue weighted by Crippen LogP contribution is -2.48. The van der Waals surface area contributed by atoms with E-state index < -0.39 is 39.2 Å². The van der Waals surface area contributed by atoms with Crippen molar-refractivity contribution in [2.75, 3.05) is 33.0 Å². The summed E-state index contributed by atoms with van der Waals surface area (Å²) in [5, 5.41) is 19.8. The number of unbranched alkanes of at least 4 members (excludes halogenated alkanes) is 2. The maximum atomic E-state index is 12.2. The Hall–Kier alpha value is -3.01. The third-order valence-corrected chi connectivity index (χ3v) is 17.3. The minimum atomic E-state index is -2.33. The molecule has 52 heavy (non-hydrogen) atoms. The summed E-state index contributed by atoms with van der Waals surface area (Å²) < 4.78 is 16.2. The molecule has 2 saturated carbocycles.